The summed E-state index contributed by atoms with van der Waals surface area (Å²) in [7, 11) is 0. The van der Waals surface area contributed by atoms with E-state index in [2.05, 4.69) is 36.9 Å². The van der Waals surface area contributed by atoms with Crippen molar-refractivity contribution in [3.63, 3.8) is 0 Å². The molecule has 1 heterocycles. The van der Waals surface area contributed by atoms with Crippen LogP contribution in [-0.2, 0) is 41.6 Å². The number of aromatic amines is 1. The van der Waals surface area contributed by atoms with Gasteiger partial charge >= 0.3 is 0 Å². The summed E-state index contributed by atoms with van der Waals surface area (Å²) >= 11 is 6.16. The molecular formula is C46H59ClN10O6. The molecule has 0 saturated heterocycles. The normalized spacial score (nSPS) is 17.3. The van der Waals surface area contributed by atoms with Crippen LogP contribution in [0.25, 0.3) is 10.9 Å². The Balaban J connectivity index is 1.41. The number of hydrogen-bond donors (Lipinski definition) is 10. The van der Waals surface area contributed by atoms with Crippen LogP contribution in [0.5, 0.6) is 0 Å². The number of hydrogen-bond acceptors (Lipinski definition) is 7. The standard InChI is InChI=1S/C46H59ClN10O6/c1-2-3-15-40(59)57-46(22-20-31(21-23-46)30-16-18-33(47)19-17-30)44(63)56-37(25-29-10-5-4-6-11-29)43(62)54-36(14-9-24-51-45(49)50)42(61)55-38(41(60)53-28-39(48)58)26-32-27-52-35-13-8-7-12-34(32)35/h4-8,10-13,16-19,27,31,36-38,52H,2-3,9,14-15,20-26,28H2,1H3,(H2,48,58)(H,53,60)(H,54,62)(H,55,61)(H,56,63)(H,57,59)(H4,49,50,51)/t31-,36-,37+,38-,46+/m0/s1. The molecule has 63 heavy (non-hydrogen) atoms. The first-order chi connectivity index (χ1) is 30.3. The van der Waals surface area contributed by atoms with E-state index in [1.54, 1.807) is 6.20 Å². The molecule has 0 radical (unpaired) electrons. The van der Waals surface area contributed by atoms with E-state index >= 15 is 0 Å². The molecule has 336 valence electrons. The Morgan fingerprint density at radius 3 is 2.13 bits per heavy atom. The summed E-state index contributed by atoms with van der Waals surface area (Å²) in [5, 5.41) is 25.9. The van der Waals surface area contributed by atoms with Gasteiger partial charge in [-0.2, -0.15) is 0 Å². The summed E-state index contributed by atoms with van der Waals surface area (Å²) in [5.41, 5.74) is 12.9. The molecule has 5 rings (SSSR count). The summed E-state index contributed by atoms with van der Waals surface area (Å²) in [6.45, 7) is 1.73. The Labute approximate surface area is 372 Å². The van der Waals surface area contributed by atoms with Crippen molar-refractivity contribution in [3.8, 4) is 0 Å². The van der Waals surface area contributed by atoms with Crippen LogP contribution in [0.3, 0.4) is 0 Å². The van der Waals surface area contributed by atoms with E-state index in [9.17, 15) is 28.8 Å². The fraction of sp³-hybridized carbons (Fsp3) is 0.413. The van der Waals surface area contributed by atoms with E-state index in [0.717, 1.165) is 34.0 Å². The highest BCUT2D eigenvalue weighted by molar-refractivity contribution is 6.30. The van der Waals surface area contributed by atoms with Crippen molar-refractivity contribution in [1.29, 1.82) is 5.41 Å². The van der Waals surface area contributed by atoms with Gasteiger partial charge in [-0.05, 0) is 85.8 Å². The van der Waals surface area contributed by atoms with Gasteiger partial charge in [0.15, 0.2) is 5.96 Å². The summed E-state index contributed by atoms with van der Waals surface area (Å²) in [5.74, 6) is -3.69. The first-order valence-electron chi connectivity index (χ1n) is 21.5. The number of fused-ring (bicyclic) bond motifs is 1. The van der Waals surface area contributed by atoms with Gasteiger partial charge in [-0.25, -0.2) is 0 Å². The number of para-hydroxylation sites is 1. The highest BCUT2D eigenvalue weighted by atomic mass is 35.5. The third kappa shape index (κ3) is 14.0. The molecule has 0 unspecified atom stereocenters. The lowest BCUT2D eigenvalue weighted by Gasteiger charge is -2.40. The molecule has 1 saturated carbocycles. The molecule has 0 aliphatic heterocycles. The lowest BCUT2D eigenvalue weighted by atomic mass is 9.73. The van der Waals surface area contributed by atoms with E-state index < -0.39 is 59.7 Å². The molecule has 1 aromatic heterocycles. The van der Waals surface area contributed by atoms with Crippen molar-refractivity contribution < 1.29 is 28.8 Å². The molecule has 16 nitrogen and oxygen atoms in total. The predicted octanol–water partition coefficient (Wildman–Crippen LogP) is 3.33. The molecule has 1 fully saturated rings. The van der Waals surface area contributed by atoms with Gasteiger partial charge in [0.25, 0.3) is 0 Å². The predicted molar refractivity (Wildman–Crippen MR) is 242 cm³/mol. The van der Waals surface area contributed by atoms with Crippen LogP contribution >= 0.6 is 11.6 Å². The topological polar surface area (TPSA) is 266 Å². The van der Waals surface area contributed by atoms with Gasteiger partial charge in [0.2, 0.25) is 35.4 Å². The van der Waals surface area contributed by atoms with Crippen molar-refractivity contribution in [1.82, 2.24) is 36.9 Å². The van der Waals surface area contributed by atoms with E-state index in [1.165, 1.54) is 0 Å². The second kappa shape index (κ2) is 23.1. The van der Waals surface area contributed by atoms with Crippen molar-refractivity contribution in [2.45, 2.75) is 107 Å². The van der Waals surface area contributed by atoms with Gasteiger partial charge in [0, 0.05) is 47.9 Å². The number of H-pyrrole nitrogens is 1. The number of aromatic nitrogens is 1. The lowest BCUT2D eigenvalue weighted by Crippen LogP contribution is -2.64. The maximum absolute atomic E-state index is 14.7. The smallest absolute Gasteiger partial charge is 0.246 e. The average Bonchev–Trinajstić information content (AvgIpc) is 3.68. The molecule has 0 spiro atoms. The maximum Gasteiger partial charge on any atom is 0.246 e. The zero-order chi connectivity index (χ0) is 45.4. The Hall–Kier alpha value is -6.42. The fourth-order valence-electron chi connectivity index (χ4n) is 7.98. The van der Waals surface area contributed by atoms with Gasteiger partial charge in [0.1, 0.15) is 23.7 Å². The van der Waals surface area contributed by atoms with E-state index in [4.69, 9.17) is 28.5 Å². The third-order valence-electron chi connectivity index (χ3n) is 11.4. The zero-order valence-electron chi connectivity index (χ0n) is 35.6. The number of rotatable bonds is 22. The molecule has 1 aliphatic rings. The largest absolute Gasteiger partial charge is 0.370 e. The number of guanidine groups is 1. The number of carbonyl (C=O) groups excluding carboxylic acids is 6. The summed E-state index contributed by atoms with van der Waals surface area (Å²) < 4.78 is 0. The fourth-order valence-corrected chi connectivity index (χ4v) is 8.11. The van der Waals surface area contributed by atoms with Gasteiger partial charge in [0.05, 0.1) is 6.54 Å². The monoisotopic (exact) mass is 882 g/mol. The second-order valence-corrected chi connectivity index (χ2v) is 16.6. The number of amides is 6. The molecule has 3 atom stereocenters. The van der Waals surface area contributed by atoms with Crippen LogP contribution in [0.2, 0.25) is 5.02 Å². The Kier molecular flexibility index (Phi) is 17.5. The number of primary amides is 1. The van der Waals surface area contributed by atoms with Crippen LogP contribution in [0.1, 0.15) is 87.3 Å². The zero-order valence-corrected chi connectivity index (χ0v) is 36.3. The number of halogens is 1. The average molecular weight is 883 g/mol. The van der Waals surface area contributed by atoms with Crippen molar-refractivity contribution in [3.05, 3.63) is 107 Å². The molecule has 12 N–H and O–H groups in total. The summed E-state index contributed by atoms with van der Waals surface area (Å²) in [6.07, 6.45) is 5.70. The van der Waals surface area contributed by atoms with Gasteiger partial charge in [-0.3, -0.25) is 34.2 Å². The summed E-state index contributed by atoms with van der Waals surface area (Å²) in [4.78, 5) is 85.1. The second-order valence-electron chi connectivity index (χ2n) is 16.1. The molecule has 4 aromatic rings. The van der Waals surface area contributed by atoms with Crippen LogP contribution < -0.4 is 43.4 Å². The van der Waals surface area contributed by atoms with Crippen molar-refractivity contribution >= 4 is 63.9 Å². The molecule has 3 aromatic carbocycles. The van der Waals surface area contributed by atoms with Crippen LogP contribution in [0, 0.1) is 5.41 Å². The van der Waals surface area contributed by atoms with E-state index in [1.807, 2.05) is 85.8 Å². The van der Waals surface area contributed by atoms with Gasteiger partial charge in [-0.15, -0.1) is 0 Å². The molecule has 0 bridgehead atoms. The number of benzene rings is 3. The van der Waals surface area contributed by atoms with Crippen molar-refractivity contribution in [2.75, 3.05) is 13.1 Å². The number of unbranched alkanes of at least 4 members (excludes halogenated alkanes) is 1. The first kappa shape index (κ1) is 47.6. The molecular weight excluding hydrogens is 824 g/mol. The SMILES string of the molecule is CCCCC(=O)N[C@]1(C(=O)N[C@H](Cc2ccccc2)C(=O)N[C@@H](CCCNC(=N)N)C(=O)N[C@@H](Cc2c[nH]c3ccccc23)C(=O)NCC(N)=O)CC[C@H](c2ccc(Cl)cc2)CC1. The van der Waals surface area contributed by atoms with Crippen LogP contribution in [0.4, 0.5) is 0 Å². The minimum Gasteiger partial charge on any atom is -0.370 e. The third-order valence-corrected chi connectivity index (χ3v) is 11.7. The van der Waals surface area contributed by atoms with Crippen molar-refractivity contribution in [2.24, 2.45) is 11.5 Å². The highest BCUT2D eigenvalue weighted by Crippen LogP contribution is 2.39. The first-order valence-corrected chi connectivity index (χ1v) is 21.9. The van der Waals surface area contributed by atoms with Crippen LogP contribution in [-0.4, -0.2) is 83.1 Å². The number of nitrogens with two attached hydrogens (primary N) is 2. The van der Waals surface area contributed by atoms with Gasteiger partial charge < -0.3 is 48.4 Å². The van der Waals surface area contributed by atoms with E-state index in [0.29, 0.717) is 37.1 Å². The van der Waals surface area contributed by atoms with E-state index in [-0.39, 0.29) is 56.4 Å². The number of nitrogens with one attached hydrogen (secondary N) is 8. The highest BCUT2D eigenvalue weighted by Gasteiger charge is 2.44. The van der Waals surface area contributed by atoms with Crippen LogP contribution in [0.15, 0.2) is 85.1 Å². The molecule has 1 aliphatic carbocycles. The minimum absolute atomic E-state index is 0.0323. The maximum atomic E-state index is 14.7. The lowest BCUT2D eigenvalue weighted by molar-refractivity contribution is -0.138. The Morgan fingerprint density at radius 2 is 1.44 bits per heavy atom. The minimum atomic E-state index is -1.30. The molecule has 17 heteroatoms. The Morgan fingerprint density at radius 1 is 0.794 bits per heavy atom. The quantitative estimate of drug-likeness (QED) is 0.0317. The molecule has 6 amide bonds. The Bertz CT molecular complexity index is 2210. The number of carbonyl (C=O) groups is 6. The summed E-state index contributed by atoms with van der Waals surface area (Å²) in [6, 6.07) is 20.6. The van der Waals surface area contributed by atoms with Gasteiger partial charge in [-0.1, -0.05) is 85.6 Å².